The van der Waals surface area contributed by atoms with Crippen LogP contribution in [0.5, 0.6) is 0 Å². The smallest absolute Gasteiger partial charge is 0.193 e. The van der Waals surface area contributed by atoms with Crippen molar-refractivity contribution < 1.29 is 9.47 Å². The van der Waals surface area contributed by atoms with Crippen LogP contribution in [-0.4, -0.2) is 58.4 Å². The van der Waals surface area contributed by atoms with Crippen LogP contribution >= 0.6 is 0 Å². The summed E-state index contributed by atoms with van der Waals surface area (Å²) in [5.41, 5.74) is 1.17. The lowest BCUT2D eigenvalue weighted by Crippen LogP contribution is -2.42. The van der Waals surface area contributed by atoms with Crippen LogP contribution in [0.3, 0.4) is 0 Å². The Morgan fingerprint density at radius 1 is 1.36 bits per heavy atom. The maximum absolute atomic E-state index is 5.60. The van der Waals surface area contributed by atoms with Gasteiger partial charge in [-0.05, 0) is 12.0 Å². The van der Waals surface area contributed by atoms with Crippen molar-refractivity contribution in [2.45, 2.75) is 12.5 Å². The molecule has 5 heteroatoms. The van der Waals surface area contributed by atoms with Gasteiger partial charge in [-0.1, -0.05) is 30.3 Å². The third-order valence-electron chi connectivity index (χ3n) is 4.10. The van der Waals surface area contributed by atoms with Crippen molar-refractivity contribution in [3.63, 3.8) is 0 Å². The molecule has 0 bridgehead atoms. The Bertz CT molecular complexity index is 464. The van der Waals surface area contributed by atoms with Gasteiger partial charge in [-0.2, -0.15) is 0 Å². The highest BCUT2D eigenvalue weighted by Crippen LogP contribution is 2.18. The molecule has 0 spiro atoms. The fourth-order valence-electron chi connectivity index (χ4n) is 2.92. The first kappa shape index (κ1) is 16.8. The molecule has 122 valence electrons. The molecule has 2 rings (SSSR count). The number of aliphatic imine (C=N–C) groups is 1. The highest BCUT2D eigenvalue weighted by Gasteiger charge is 2.25. The lowest BCUT2D eigenvalue weighted by atomic mass is 10.1. The van der Waals surface area contributed by atoms with E-state index in [2.05, 4.69) is 27.3 Å². The Morgan fingerprint density at radius 2 is 2.14 bits per heavy atom. The van der Waals surface area contributed by atoms with E-state index in [1.54, 1.807) is 14.2 Å². The summed E-state index contributed by atoms with van der Waals surface area (Å²) in [4.78, 5) is 6.69. The molecular formula is C17H27N3O2. The highest BCUT2D eigenvalue weighted by atomic mass is 16.5. The predicted octanol–water partition coefficient (Wildman–Crippen LogP) is 1.92. The van der Waals surface area contributed by atoms with Gasteiger partial charge in [-0.3, -0.25) is 4.99 Å². The van der Waals surface area contributed by atoms with Crippen LogP contribution in [-0.2, 0) is 9.47 Å². The first-order valence-corrected chi connectivity index (χ1v) is 7.80. The van der Waals surface area contributed by atoms with E-state index >= 15 is 0 Å². The molecular weight excluding hydrogens is 278 g/mol. The Morgan fingerprint density at radius 3 is 2.77 bits per heavy atom. The van der Waals surface area contributed by atoms with Gasteiger partial charge in [0.05, 0.1) is 12.7 Å². The molecule has 2 atom stereocenters. The molecule has 0 saturated carbocycles. The van der Waals surface area contributed by atoms with Gasteiger partial charge in [0.1, 0.15) is 0 Å². The van der Waals surface area contributed by atoms with Crippen molar-refractivity contribution in [3.05, 3.63) is 35.9 Å². The number of rotatable bonds is 6. The summed E-state index contributed by atoms with van der Waals surface area (Å²) >= 11 is 0. The summed E-state index contributed by atoms with van der Waals surface area (Å²) in [6, 6.07) is 10.3. The SMILES string of the molecule is CN=C(NCC(OC)c1ccccc1)N1CCC(COC)C1. The Kier molecular flexibility index (Phi) is 6.68. The van der Waals surface area contributed by atoms with E-state index < -0.39 is 0 Å². The molecule has 1 aromatic carbocycles. The van der Waals surface area contributed by atoms with E-state index in [0.29, 0.717) is 12.5 Å². The monoisotopic (exact) mass is 305 g/mol. The second kappa shape index (κ2) is 8.76. The molecule has 1 aromatic rings. The normalized spacial score (nSPS) is 20.2. The first-order valence-electron chi connectivity index (χ1n) is 7.80. The second-order valence-electron chi connectivity index (χ2n) is 5.62. The molecule has 1 aliphatic rings. The van der Waals surface area contributed by atoms with E-state index in [-0.39, 0.29) is 6.10 Å². The van der Waals surface area contributed by atoms with Gasteiger partial charge in [0.25, 0.3) is 0 Å². The minimum Gasteiger partial charge on any atom is -0.384 e. The largest absolute Gasteiger partial charge is 0.384 e. The zero-order valence-corrected chi connectivity index (χ0v) is 13.8. The van der Waals surface area contributed by atoms with Gasteiger partial charge >= 0.3 is 0 Å². The molecule has 2 unspecified atom stereocenters. The molecule has 1 fully saturated rings. The second-order valence-corrected chi connectivity index (χ2v) is 5.62. The zero-order valence-electron chi connectivity index (χ0n) is 13.8. The van der Waals surface area contributed by atoms with Gasteiger partial charge in [-0.25, -0.2) is 0 Å². The Balaban J connectivity index is 1.88. The molecule has 1 N–H and O–H groups in total. The fourth-order valence-corrected chi connectivity index (χ4v) is 2.92. The molecule has 1 aliphatic heterocycles. The van der Waals surface area contributed by atoms with Crippen LogP contribution in [0.2, 0.25) is 0 Å². The lowest BCUT2D eigenvalue weighted by Gasteiger charge is -2.24. The van der Waals surface area contributed by atoms with E-state index in [9.17, 15) is 0 Å². The van der Waals surface area contributed by atoms with Gasteiger partial charge < -0.3 is 19.7 Å². The topological polar surface area (TPSA) is 46.1 Å². The standard InChI is InChI=1S/C17H27N3O2/c1-18-17(20-10-9-14(12-20)13-21-2)19-11-16(22-3)15-7-5-4-6-8-15/h4-8,14,16H,9-13H2,1-3H3,(H,18,19). The minimum absolute atomic E-state index is 0.0234. The van der Waals surface area contributed by atoms with E-state index in [0.717, 1.165) is 32.1 Å². The summed E-state index contributed by atoms with van der Waals surface area (Å²) in [5, 5.41) is 3.43. The maximum Gasteiger partial charge on any atom is 0.193 e. The zero-order chi connectivity index (χ0) is 15.8. The van der Waals surface area contributed by atoms with Crippen LogP contribution in [0.4, 0.5) is 0 Å². The number of likely N-dealkylation sites (tertiary alicyclic amines) is 1. The molecule has 22 heavy (non-hydrogen) atoms. The third kappa shape index (κ3) is 4.45. The van der Waals surface area contributed by atoms with Crippen molar-refractivity contribution in [1.29, 1.82) is 0 Å². The molecule has 1 saturated heterocycles. The average molecular weight is 305 g/mol. The van der Waals surface area contributed by atoms with Crippen molar-refractivity contribution in [1.82, 2.24) is 10.2 Å². The van der Waals surface area contributed by atoms with Crippen molar-refractivity contribution >= 4 is 5.96 Å². The van der Waals surface area contributed by atoms with Crippen molar-refractivity contribution in [2.24, 2.45) is 10.9 Å². The van der Waals surface area contributed by atoms with Gasteiger partial charge in [0, 0.05) is 46.8 Å². The number of benzene rings is 1. The fraction of sp³-hybridized carbons (Fsp3) is 0.588. The number of ether oxygens (including phenoxy) is 2. The summed E-state index contributed by atoms with van der Waals surface area (Å²) in [6.07, 6.45) is 1.18. The van der Waals surface area contributed by atoms with Crippen LogP contribution in [0.15, 0.2) is 35.3 Å². The molecule has 0 radical (unpaired) electrons. The number of nitrogens with zero attached hydrogens (tertiary/aromatic N) is 2. The number of hydrogen-bond donors (Lipinski definition) is 1. The number of methoxy groups -OCH3 is 2. The summed E-state index contributed by atoms with van der Waals surface area (Å²) < 4.78 is 10.9. The van der Waals surface area contributed by atoms with E-state index in [1.165, 1.54) is 5.56 Å². The quantitative estimate of drug-likeness (QED) is 0.644. The van der Waals surface area contributed by atoms with Crippen molar-refractivity contribution in [2.75, 3.05) is 47.5 Å². The maximum atomic E-state index is 5.60. The molecule has 1 heterocycles. The molecule has 5 nitrogen and oxygen atoms in total. The number of nitrogens with one attached hydrogen (secondary N) is 1. The first-order chi connectivity index (χ1) is 10.8. The minimum atomic E-state index is 0.0234. The summed E-state index contributed by atoms with van der Waals surface area (Å²) in [6.45, 7) is 3.55. The summed E-state index contributed by atoms with van der Waals surface area (Å²) in [7, 11) is 5.33. The highest BCUT2D eigenvalue weighted by molar-refractivity contribution is 5.80. The predicted molar refractivity (Wildman–Crippen MR) is 89.1 cm³/mol. The number of guanidine groups is 1. The van der Waals surface area contributed by atoms with Gasteiger partial charge in [-0.15, -0.1) is 0 Å². The Labute approximate surface area is 133 Å². The van der Waals surface area contributed by atoms with E-state index in [4.69, 9.17) is 9.47 Å². The summed E-state index contributed by atoms with van der Waals surface area (Å²) in [5.74, 6) is 1.53. The lowest BCUT2D eigenvalue weighted by molar-refractivity contribution is 0.106. The molecule has 0 aromatic heterocycles. The van der Waals surface area contributed by atoms with Crippen molar-refractivity contribution in [3.8, 4) is 0 Å². The molecule has 0 amide bonds. The molecule has 0 aliphatic carbocycles. The Hall–Kier alpha value is -1.59. The van der Waals surface area contributed by atoms with Crippen LogP contribution in [0.25, 0.3) is 0 Å². The van der Waals surface area contributed by atoms with Crippen LogP contribution < -0.4 is 5.32 Å². The van der Waals surface area contributed by atoms with Crippen LogP contribution in [0, 0.1) is 5.92 Å². The average Bonchev–Trinajstić information content (AvgIpc) is 3.01. The van der Waals surface area contributed by atoms with Gasteiger partial charge in [0.15, 0.2) is 5.96 Å². The van der Waals surface area contributed by atoms with E-state index in [1.807, 2.05) is 25.2 Å². The third-order valence-corrected chi connectivity index (χ3v) is 4.10. The van der Waals surface area contributed by atoms with Gasteiger partial charge in [0.2, 0.25) is 0 Å². The number of hydrogen-bond acceptors (Lipinski definition) is 3. The van der Waals surface area contributed by atoms with Crippen LogP contribution in [0.1, 0.15) is 18.1 Å².